The summed E-state index contributed by atoms with van der Waals surface area (Å²) in [7, 11) is 1.75. The van der Waals surface area contributed by atoms with Crippen molar-refractivity contribution in [2.75, 3.05) is 19.0 Å². The number of hydrogen-bond acceptors (Lipinski definition) is 4. The van der Waals surface area contributed by atoms with Gasteiger partial charge in [-0.05, 0) is 62.6 Å². The number of aryl methyl sites for hydroxylation is 4. The standard InChI is InChI=1S/C22H33N3O.CH4/c1-5-7-14-23-22-20(16-24-17(3)25-22)11-9-8-10-18-12-13-19(6-2)21(15-18)26-4;/h12-13,15-16H,5-11,14H2,1-4H3,(H,23,24,25);1H4. The molecule has 0 bridgehead atoms. The molecule has 0 aliphatic carbocycles. The van der Waals surface area contributed by atoms with Crippen molar-refractivity contribution in [3.8, 4) is 5.75 Å². The predicted molar refractivity (Wildman–Crippen MR) is 116 cm³/mol. The number of anilines is 1. The molecule has 2 rings (SSSR count). The van der Waals surface area contributed by atoms with Gasteiger partial charge in [-0.3, -0.25) is 0 Å². The highest BCUT2D eigenvalue weighted by Crippen LogP contribution is 2.22. The molecule has 1 heterocycles. The third-order valence-electron chi connectivity index (χ3n) is 4.70. The lowest BCUT2D eigenvalue weighted by atomic mass is 10.0. The van der Waals surface area contributed by atoms with Crippen LogP contribution in [0.2, 0.25) is 0 Å². The van der Waals surface area contributed by atoms with E-state index in [9.17, 15) is 0 Å². The first-order valence-electron chi connectivity index (χ1n) is 9.90. The molecule has 1 aromatic heterocycles. The number of benzene rings is 1. The maximum absolute atomic E-state index is 5.50. The largest absolute Gasteiger partial charge is 0.496 e. The summed E-state index contributed by atoms with van der Waals surface area (Å²) < 4.78 is 5.50. The van der Waals surface area contributed by atoms with Crippen LogP contribution in [0, 0.1) is 6.92 Å². The highest BCUT2D eigenvalue weighted by atomic mass is 16.5. The van der Waals surface area contributed by atoms with E-state index in [-0.39, 0.29) is 7.43 Å². The zero-order chi connectivity index (χ0) is 18.8. The summed E-state index contributed by atoms with van der Waals surface area (Å²) in [5, 5.41) is 3.47. The number of unbranched alkanes of at least 4 members (excludes halogenated alkanes) is 2. The molecule has 0 spiro atoms. The lowest BCUT2D eigenvalue weighted by Crippen LogP contribution is -2.08. The molecule has 0 radical (unpaired) electrons. The smallest absolute Gasteiger partial charge is 0.132 e. The van der Waals surface area contributed by atoms with Crippen LogP contribution >= 0.6 is 0 Å². The van der Waals surface area contributed by atoms with Crippen LogP contribution < -0.4 is 10.1 Å². The highest BCUT2D eigenvalue weighted by Gasteiger charge is 2.06. The van der Waals surface area contributed by atoms with Gasteiger partial charge in [-0.2, -0.15) is 0 Å². The molecule has 0 aliphatic rings. The first kappa shape index (κ1) is 22.9. The zero-order valence-corrected chi connectivity index (χ0v) is 16.8. The number of methoxy groups -OCH3 is 1. The van der Waals surface area contributed by atoms with Gasteiger partial charge < -0.3 is 10.1 Å². The van der Waals surface area contributed by atoms with Gasteiger partial charge in [0.15, 0.2) is 0 Å². The van der Waals surface area contributed by atoms with Crippen LogP contribution in [0.15, 0.2) is 24.4 Å². The molecule has 0 amide bonds. The fourth-order valence-corrected chi connectivity index (χ4v) is 3.10. The molecule has 4 heteroatoms. The lowest BCUT2D eigenvalue weighted by Gasteiger charge is -2.12. The Morgan fingerprint density at radius 2 is 1.81 bits per heavy atom. The number of nitrogens with zero attached hydrogens (tertiary/aromatic N) is 2. The van der Waals surface area contributed by atoms with E-state index in [2.05, 4.69) is 47.3 Å². The van der Waals surface area contributed by atoms with Crippen LogP contribution in [0.1, 0.15) is 69.5 Å². The van der Waals surface area contributed by atoms with Gasteiger partial charge in [0.05, 0.1) is 7.11 Å². The molecule has 0 saturated carbocycles. The Kier molecular flexibility index (Phi) is 10.5. The maximum atomic E-state index is 5.50. The van der Waals surface area contributed by atoms with Gasteiger partial charge in [0.2, 0.25) is 0 Å². The van der Waals surface area contributed by atoms with Crippen LogP contribution in [0.25, 0.3) is 0 Å². The molecule has 150 valence electrons. The molecule has 1 aromatic carbocycles. The second-order valence-corrected chi connectivity index (χ2v) is 6.78. The summed E-state index contributed by atoms with van der Waals surface area (Å²) >= 11 is 0. The minimum Gasteiger partial charge on any atom is -0.496 e. The Balaban J connectivity index is 0.00000364. The Bertz CT molecular complexity index is 685. The van der Waals surface area contributed by atoms with Crippen molar-refractivity contribution in [1.29, 1.82) is 0 Å². The first-order valence-corrected chi connectivity index (χ1v) is 9.90. The fraction of sp³-hybridized carbons (Fsp3) is 0.565. The fourth-order valence-electron chi connectivity index (χ4n) is 3.10. The minimum atomic E-state index is 0. The third-order valence-corrected chi connectivity index (χ3v) is 4.70. The summed E-state index contributed by atoms with van der Waals surface area (Å²) in [6.45, 7) is 7.29. The van der Waals surface area contributed by atoms with Gasteiger partial charge in [0, 0.05) is 18.3 Å². The summed E-state index contributed by atoms with van der Waals surface area (Å²) in [6, 6.07) is 6.61. The number of ether oxygens (including phenoxy) is 1. The van der Waals surface area contributed by atoms with E-state index in [1.807, 2.05) is 13.1 Å². The topological polar surface area (TPSA) is 47.0 Å². The molecule has 0 unspecified atom stereocenters. The second-order valence-electron chi connectivity index (χ2n) is 6.78. The van der Waals surface area contributed by atoms with Crippen molar-refractivity contribution < 1.29 is 4.74 Å². The molecular weight excluding hydrogens is 334 g/mol. The van der Waals surface area contributed by atoms with Crippen LogP contribution in [0.3, 0.4) is 0 Å². The van der Waals surface area contributed by atoms with E-state index in [1.165, 1.54) is 23.1 Å². The highest BCUT2D eigenvalue weighted by molar-refractivity contribution is 5.43. The van der Waals surface area contributed by atoms with Crippen LogP contribution in [0.4, 0.5) is 5.82 Å². The van der Waals surface area contributed by atoms with E-state index in [4.69, 9.17) is 4.74 Å². The quantitative estimate of drug-likeness (QED) is 0.509. The Morgan fingerprint density at radius 3 is 2.52 bits per heavy atom. The van der Waals surface area contributed by atoms with Gasteiger partial charge in [-0.15, -0.1) is 0 Å². The van der Waals surface area contributed by atoms with Crippen LogP contribution in [0.5, 0.6) is 5.75 Å². The third kappa shape index (κ3) is 7.20. The van der Waals surface area contributed by atoms with E-state index in [0.29, 0.717) is 0 Å². The summed E-state index contributed by atoms with van der Waals surface area (Å²) in [5.41, 5.74) is 3.85. The zero-order valence-electron chi connectivity index (χ0n) is 16.8. The normalized spacial score (nSPS) is 10.4. The molecular formula is C23H37N3O. The summed E-state index contributed by atoms with van der Waals surface area (Å²) in [5.74, 6) is 2.86. The first-order chi connectivity index (χ1) is 12.7. The lowest BCUT2D eigenvalue weighted by molar-refractivity contribution is 0.409. The van der Waals surface area contributed by atoms with Crippen molar-refractivity contribution in [3.63, 3.8) is 0 Å². The van der Waals surface area contributed by atoms with Gasteiger partial charge in [0.25, 0.3) is 0 Å². The predicted octanol–water partition coefficient (Wildman–Crippen LogP) is 5.77. The van der Waals surface area contributed by atoms with Crippen LogP contribution in [-0.2, 0) is 19.3 Å². The van der Waals surface area contributed by atoms with Crippen molar-refractivity contribution in [2.45, 2.75) is 73.1 Å². The molecule has 0 aliphatic heterocycles. The van der Waals surface area contributed by atoms with Crippen molar-refractivity contribution in [2.24, 2.45) is 0 Å². The molecule has 4 nitrogen and oxygen atoms in total. The van der Waals surface area contributed by atoms with E-state index in [0.717, 1.165) is 62.5 Å². The number of rotatable bonds is 11. The Morgan fingerprint density at radius 1 is 1.04 bits per heavy atom. The van der Waals surface area contributed by atoms with E-state index < -0.39 is 0 Å². The SMILES string of the molecule is C.CCCCNc1nc(C)ncc1CCCCc1ccc(CC)c(OC)c1. The number of aromatic nitrogens is 2. The summed E-state index contributed by atoms with van der Waals surface area (Å²) in [4.78, 5) is 8.96. The van der Waals surface area contributed by atoms with Crippen molar-refractivity contribution in [1.82, 2.24) is 9.97 Å². The summed E-state index contributed by atoms with van der Waals surface area (Å²) in [6.07, 6.45) is 9.71. The van der Waals surface area contributed by atoms with Gasteiger partial charge in [-0.1, -0.05) is 39.8 Å². The molecule has 0 fully saturated rings. The van der Waals surface area contributed by atoms with Gasteiger partial charge in [0.1, 0.15) is 17.4 Å². The molecule has 27 heavy (non-hydrogen) atoms. The minimum absolute atomic E-state index is 0. The van der Waals surface area contributed by atoms with E-state index in [1.54, 1.807) is 7.11 Å². The average Bonchev–Trinajstić information content (AvgIpc) is 2.66. The molecule has 2 aromatic rings. The number of nitrogens with one attached hydrogen (secondary N) is 1. The second kappa shape index (κ2) is 12.3. The van der Waals surface area contributed by atoms with Crippen LogP contribution in [-0.4, -0.2) is 23.6 Å². The number of hydrogen-bond donors (Lipinski definition) is 1. The molecule has 0 saturated heterocycles. The molecule has 0 atom stereocenters. The molecule has 1 N–H and O–H groups in total. The van der Waals surface area contributed by atoms with Gasteiger partial charge in [-0.25, -0.2) is 9.97 Å². The van der Waals surface area contributed by atoms with Crippen molar-refractivity contribution >= 4 is 5.82 Å². The Labute approximate surface area is 165 Å². The van der Waals surface area contributed by atoms with Crippen molar-refractivity contribution in [3.05, 3.63) is 46.9 Å². The van der Waals surface area contributed by atoms with Gasteiger partial charge >= 0.3 is 0 Å². The maximum Gasteiger partial charge on any atom is 0.132 e. The average molecular weight is 372 g/mol. The Hall–Kier alpha value is -2.10. The monoisotopic (exact) mass is 371 g/mol. The van der Waals surface area contributed by atoms with E-state index >= 15 is 0 Å².